The van der Waals surface area contributed by atoms with Gasteiger partial charge in [-0.1, -0.05) is 0 Å². The Morgan fingerprint density at radius 1 is 1.58 bits per heavy atom. The number of halogens is 1. The van der Waals surface area contributed by atoms with Crippen molar-refractivity contribution in [1.29, 1.82) is 0 Å². The fourth-order valence-corrected chi connectivity index (χ4v) is 0.973. The standard InChI is InChI=1S/C8H10FNO2/c1-12-7-3-2-6(11)8(9)5(7)4-10/h2-3,11H,4,10H2,1H3. The average Bonchev–Trinajstić information content (AvgIpc) is 2.09. The minimum absolute atomic E-state index is 0.00338. The van der Waals surface area contributed by atoms with Crippen LogP contribution in [0, 0.1) is 5.82 Å². The summed E-state index contributed by atoms with van der Waals surface area (Å²) < 4.78 is 17.9. The number of phenols is 1. The molecule has 3 N–H and O–H groups in total. The van der Waals surface area contributed by atoms with Gasteiger partial charge in [-0.3, -0.25) is 0 Å². The molecule has 1 aromatic rings. The third kappa shape index (κ3) is 1.33. The van der Waals surface area contributed by atoms with Crippen molar-refractivity contribution in [3.8, 4) is 11.5 Å². The molecule has 0 aliphatic heterocycles. The Bertz CT molecular complexity index is 289. The molecule has 0 saturated carbocycles. The smallest absolute Gasteiger partial charge is 0.172 e. The first kappa shape index (κ1) is 8.80. The highest BCUT2D eigenvalue weighted by molar-refractivity contribution is 5.41. The molecule has 0 amide bonds. The van der Waals surface area contributed by atoms with Crippen molar-refractivity contribution >= 4 is 0 Å². The zero-order valence-electron chi connectivity index (χ0n) is 6.67. The van der Waals surface area contributed by atoms with Crippen LogP contribution in [0.15, 0.2) is 12.1 Å². The van der Waals surface area contributed by atoms with Crippen LogP contribution < -0.4 is 10.5 Å². The summed E-state index contributed by atoms with van der Waals surface area (Å²) in [6.45, 7) is 0.00338. The predicted molar refractivity (Wildman–Crippen MR) is 42.5 cm³/mol. The quantitative estimate of drug-likeness (QED) is 0.697. The number of aromatic hydroxyl groups is 1. The first-order chi connectivity index (χ1) is 5.70. The highest BCUT2D eigenvalue weighted by Crippen LogP contribution is 2.27. The van der Waals surface area contributed by atoms with Crippen LogP contribution >= 0.6 is 0 Å². The van der Waals surface area contributed by atoms with E-state index in [0.717, 1.165) is 0 Å². The van der Waals surface area contributed by atoms with E-state index in [9.17, 15) is 4.39 Å². The summed E-state index contributed by atoms with van der Waals surface area (Å²) in [5.74, 6) is -0.763. The van der Waals surface area contributed by atoms with Crippen molar-refractivity contribution in [3.63, 3.8) is 0 Å². The summed E-state index contributed by atoms with van der Waals surface area (Å²) in [7, 11) is 1.42. The van der Waals surface area contributed by atoms with Gasteiger partial charge < -0.3 is 15.6 Å². The van der Waals surface area contributed by atoms with E-state index in [1.165, 1.54) is 19.2 Å². The second kappa shape index (κ2) is 3.40. The SMILES string of the molecule is COc1ccc(O)c(F)c1CN. The minimum Gasteiger partial charge on any atom is -0.505 e. The number of hydrogen-bond donors (Lipinski definition) is 2. The van der Waals surface area contributed by atoms with Gasteiger partial charge in [-0.15, -0.1) is 0 Å². The monoisotopic (exact) mass is 171 g/mol. The summed E-state index contributed by atoms with van der Waals surface area (Å²) in [5, 5.41) is 8.97. The fourth-order valence-electron chi connectivity index (χ4n) is 0.973. The first-order valence-corrected chi connectivity index (χ1v) is 3.45. The molecule has 66 valence electrons. The molecule has 0 atom stereocenters. The summed E-state index contributed by atoms with van der Waals surface area (Å²) in [4.78, 5) is 0. The van der Waals surface area contributed by atoms with E-state index in [1.54, 1.807) is 0 Å². The van der Waals surface area contributed by atoms with Crippen molar-refractivity contribution in [1.82, 2.24) is 0 Å². The molecule has 0 radical (unpaired) electrons. The lowest BCUT2D eigenvalue weighted by Gasteiger charge is -2.07. The molecule has 0 aromatic heterocycles. The van der Waals surface area contributed by atoms with Crippen LogP contribution in [-0.2, 0) is 6.54 Å². The number of ether oxygens (including phenoxy) is 1. The molecule has 3 nitrogen and oxygen atoms in total. The second-order valence-corrected chi connectivity index (χ2v) is 2.28. The molecule has 0 saturated heterocycles. The predicted octanol–water partition coefficient (Wildman–Crippen LogP) is 0.999. The Morgan fingerprint density at radius 2 is 2.25 bits per heavy atom. The third-order valence-corrected chi connectivity index (χ3v) is 1.60. The molecule has 0 aliphatic rings. The van der Waals surface area contributed by atoms with Gasteiger partial charge in [0.25, 0.3) is 0 Å². The van der Waals surface area contributed by atoms with Gasteiger partial charge in [-0.25, -0.2) is 4.39 Å². The fraction of sp³-hybridized carbons (Fsp3) is 0.250. The summed E-state index contributed by atoms with van der Waals surface area (Å²) in [5.41, 5.74) is 5.46. The third-order valence-electron chi connectivity index (χ3n) is 1.60. The van der Waals surface area contributed by atoms with Gasteiger partial charge in [0.15, 0.2) is 11.6 Å². The first-order valence-electron chi connectivity index (χ1n) is 3.45. The van der Waals surface area contributed by atoms with Crippen molar-refractivity contribution < 1.29 is 14.2 Å². The number of rotatable bonds is 2. The maximum absolute atomic E-state index is 13.0. The topological polar surface area (TPSA) is 55.5 Å². The van der Waals surface area contributed by atoms with E-state index < -0.39 is 11.6 Å². The lowest BCUT2D eigenvalue weighted by Crippen LogP contribution is -2.02. The number of phenolic OH excluding ortho intramolecular Hbond substituents is 1. The molecule has 12 heavy (non-hydrogen) atoms. The van der Waals surface area contributed by atoms with Crippen LogP contribution in [0.2, 0.25) is 0 Å². The summed E-state index contributed by atoms with van der Waals surface area (Å²) >= 11 is 0. The molecule has 1 aromatic carbocycles. The van der Waals surface area contributed by atoms with E-state index in [2.05, 4.69) is 0 Å². The van der Waals surface area contributed by atoms with Crippen LogP contribution in [0.25, 0.3) is 0 Å². The second-order valence-electron chi connectivity index (χ2n) is 2.28. The Kier molecular flexibility index (Phi) is 2.50. The molecule has 0 spiro atoms. The van der Waals surface area contributed by atoms with Gasteiger partial charge in [0.1, 0.15) is 5.75 Å². The number of hydrogen-bond acceptors (Lipinski definition) is 3. The number of methoxy groups -OCH3 is 1. The Labute approximate surface area is 69.6 Å². The lowest BCUT2D eigenvalue weighted by molar-refractivity contribution is 0.391. The maximum atomic E-state index is 13.0. The van der Waals surface area contributed by atoms with Crippen LogP contribution in [0.5, 0.6) is 11.5 Å². The normalized spacial score (nSPS) is 9.92. The van der Waals surface area contributed by atoms with Gasteiger partial charge in [-0.05, 0) is 12.1 Å². The number of benzene rings is 1. The Hall–Kier alpha value is -1.29. The zero-order chi connectivity index (χ0) is 9.14. The van der Waals surface area contributed by atoms with Crippen molar-refractivity contribution in [2.75, 3.05) is 7.11 Å². The minimum atomic E-state index is -0.711. The molecule has 0 aliphatic carbocycles. The van der Waals surface area contributed by atoms with Gasteiger partial charge in [0.2, 0.25) is 0 Å². The molecule has 4 heteroatoms. The molecule has 1 rings (SSSR count). The summed E-state index contributed by atoms with van der Waals surface area (Å²) in [6, 6.07) is 2.70. The van der Waals surface area contributed by atoms with Crippen LogP contribution in [0.3, 0.4) is 0 Å². The molecule has 0 heterocycles. The molecular weight excluding hydrogens is 161 g/mol. The van der Waals surface area contributed by atoms with Crippen molar-refractivity contribution in [2.24, 2.45) is 5.73 Å². The van der Waals surface area contributed by atoms with E-state index in [4.69, 9.17) is 15.6 Å². The van der Waals surface area contributed by atoms with Crippen LogP contribution in [0.4, 0.5) is 4.39 Å². The van der Waals surface area contributed by atoms with Gasteiger partial charge in [0, 0.05) is 12.1 Å². The molecule has 0 fully saturated rings. The van der Waals surface area contributed by atoms with Gasteiger partial charge >= 0.3 is 0 Å². The number of nitrogens with two attached hydrogens (primary N) is 1. The Morgan fingerprint density at radius 3 is 2.75 bits per heavy atom. The highest BCUT2D eigenvalue weighted by atomic mass is 19.1. The van der Waals surface area contributed by atoms with Crippen LogP contribution in [0.1, 0.15) is 5.56 Å². The summed E-state index contributed by atoms with van der Waals surface area (Å²) in [6.07, 6.45) is 0. The van der Waals surface area contributed by atoms with E-state index in [0.29, 0.717) is 5.75 Å². The molecule has 0 unspecified atom stereocenters. The van der Waals surface area contributed by atoms with E-state index in [-0.39, 0.29) is 12.1 Å². The van der Waals surface area contributed by atoms with Crippen molar-refractivity contribution in [3.05, 3.63) is 23.5 Å². The maximum Gasteiger partial charge on any atom is 0.172 e. The highest BCUT2D eigenvalue weighted by Gasteiger charge is 2.11. The van der Waals surface area contributed by atoms with Crippen molar-refractivity contribution in [2.45, 2.75) is 6.54 Å². The Balaban J connectivity index is 3.25. The van der Waals surface area contributed by atoms with Gasteiger partial charge in [-0.2, -0.15) is 0 Å². The van der Waals surface area contributed by atoms with Crippen LogP contribution in [-0.4, -0.2) is 12.2 Å². The largest absolute Gasteiger partial charge is 0.505 e. The van der Waals surface area contributed by atoms with E-state index in [1.807, 2.05) is 0 Å². The lowest BCUT2D eigenvalue weighted by atomic mass is 10.2. The average molecular weight is 171 g/mol. The zero-order valence-corrected chi connectivity index (χ0v) is 6.67. The molecule has 0 bridgehead atoms. The molecular formula is C8H10FNO2. The van der Waals surface area contributed by atoms with E-state index >= 15 is 0 Å². The van der Waals surface area contributed by atoms with Gasteiger partial charge in [0.05, 0.1) is 7.11 Å².